The van der Waals surface area contributed by atoms with E-state index < -0.39 is 8.32 Å². The Labute approximate surface area is 154 Å². The summed E-state index contributed by atoms with van der Waals surface area (Å²) in [4.78, 5) is 11.9. The van der Waals surface area contributed by atoms with Gasteiger partial charge in [0.1, 0.15) is 0 Å². The molecule has 4 aliphatic rings. The van der Waals surface area contributed by atoms with Gasteiger partial charge < -0.3 is 4.43 Å². The van der Waals surface area contributed by atoms with E-state index in [0.29, 0.717) is 22.7 Å². The quantitative estimate of drug-likeness (QED) is 0.587. The second-order valence-corrected chi connectivity index (χ2v) is 15.3. The third-order valence-corrected chi connectivity index (χ3v) is 9.36. The fourth-order valence-corrected chi connectivity index (χ4v) is 8.37. The van der Waals surface area contributed by atoms with Crippen molar-refractivity contribution in [3.63, 3.8) is 0 Å². The summed E-state index contributed by atoms with van der Waals surface area (Å²) >= 11 is 0. The first kappa shape index (κ1) is 18.0. The van der Waals surface area contributed by atoms with Gasteiger partial charge in [-0.1, -0.05) is 19.4 Å². The van der Waals surface area contributed by atoms with E-state index in [-0.39, 0.29) is 0 Å². The standard InChI is InChI=1S/C22H36O2Si/c1-21-12-10-16(23)14-15(21)6-7-17-18-8-9-20(24-25(3,4)5)22(18,2)13-11-19(17)21/h14,17-20H,6-13H2,1-5H3/t17-,18-,19-,20-,21+,22+/m1/s1. The molecule has 0 heterocycles. The van der Waals surface area contributed by atoms with Crippen LogP contribution in [0.1, 0.15) is 65.2 Å². The third-order valence-electron chi connectivity index (χ3n) is 8.37. The van der Waals surface area contributed by atoms with Crippen molar-refractivity contribution >= 4 is 14.1 Å². The predicted octanol–water partition coefficient (Wildman–Crippen LogP) is 5.74. The summed E-state index contributed by atoms with van der Waals surface area (Å²) in [6.07, 6.45) is 12.1. The molecule has 0 aromatic heterocycles. The zero-order chi connectivity index (χ0) is 18.0. The fraction of sp³-hybridized carbons (Fsp3) is 0.864. The van der Waals surface area contributed by atoms with Crippen LogP contribution < -0.4 is 0 Å². The number of hydrogen-bond acceptors (Lipinski definition) is 2. The molecule has 4 aliphatic carbocycles. The number of carbonyl (C=O) groups excluding carboxylic acids is 1. The number of hydrogen-bond donors (Lipinski definition) is 0. The molecule has 0 amide bonds. The lowest BCUT2D eigenvalue weighted by atomic mass is 9.47. The molecule has 2 nitrogen and oxygen atoms in total. The Kier molecular flexibility index (Phi) is 4.16. The summed E-state index contributed by atoms with van der Waals surface area (Å²) in [5.41, 5.74) is 2.18. The highest BCUT2D eigenvalue weighted by Gasteiger charge is 2.59. The number of rotatable bonds is 2. The van der Waals surface area contributed by atoms with Crippen LogP contribution in [-0.4, -0.2) is 20.2 Å². The highest BCUT2D eigenvalue weighted by atomic mass is 28.4. The molecule has 0 spiro atoms. The second kappa shape index (κ2) is 5.79. The fourth-order valence-electron chi connectivity index (χ4n) is 7.13. The molecule has 140 valence electrons. The first-order valence-electron chi connectivity index (χ1n) is 10.6. The second-order valence-electron chi connectivity index (χ2n) is 10.8. The lowest BCUT2D eigenvalue weighted by Crippen LogP contribution is -2.52. The van der Waals surface area contributed by atoms with Gasteiger partial charge in [0.2, 0.25) is 0 Å². The minimum Gasteiger partial charge on any atom is -0.414 e. The maximum atomic E-state index is 11.9. The summed E-state index contributed by atoms with van der Waals surface area (Å²) in [6, 6.07) is 0. The molecule has 3 heteroatoms. The van der Waals surface area contributed by atoms with Gasteiger partial charge in [-0.2, -0.15) is 0 Å². The van der Waals surface area contributed by atoms with Gasteiger partial charge in [0.05, 0.1) is 6.10 Å². The molecule has 0 saturated heterocycles. The van der Waals surface area contributed by atoms with Crippen molar-refractivity contribution in [3.8, 4) is 0 Å². The average molecular weight is 361 g/mol. The predicted molar refractivity (Wildman–Crippen MR) is 105 cm³/mol. The van der Waals surface area contributed by atoms with Crippen molar-refractivity contribution in [2.75, 3.05) is 0 Å². The van der Waals surface area contributed by atoms with E-state index in [9.17, 15) is 4.79 Å². The molecule has 3 saturated carbocycles. The molecule has 0 unspecified atom stereocenters. The first-order valence-corrected chi connectivity index (χ1v) is 14.0. The van der Waals surface area contributed by atoms with Crippen LogP contribution >= 0.6 is 0 Å². The number of carbonyl (C=O) groups is 1. The maximum Gasteiger partial charge on any atom is 0.184 e. The average Bonchev–Trinajstić information content (AvgIpc) is 2.83. The molecule has 0 bridgehead atoms. The van der Waals surface area contributed by atoms with E-state index in [4.69, 9.17) is 4.43 Å². The van der Waals surface area contributed by atoms with Gasteiger partial charge in [-0.3, -0.25) is 4.79 Å². The van der Waals surface area contributed by atoms with Crippen LogP contribution in [0.5, 0.6) is 0 Å². The molecule has 0 N–H and O–H groups in total. The van der Waals surface area contributed by atoms with E-state index in [1.165, 1.54) is 37.7 Å². The van der Waals surface area contributed by atoms with Crippen LogP contribution in [0.3, 0.4) is 0 Å². The van der Waals surface area contributed by atoms with Gasteiger partial charge in [0.25, 0.3) is 0 Å². The minimum absolute atomic E-state index is 0.301. The first-order chi connectivity index (χ1) is 11.6. The van der Waals surface area contributed by atoms with Crippen molar-refractivity contribution in [2.45, 2.75) is 91.0 Å². The maximum absolute atomic E-state index is 11.9. The molecule has 3 fully saturated rings. The highest BCUT2D eigenvalue weighted by Crippen LogP contribution is 2.65. The lowest BCUT2D eigenvalue weighted by Gasteiger charge is -2.58. The van der Waals surface area contributed by atoms with Crippen molar-refractivity contribution in [1.29, 1.82) is 0 Å². The monoisotopic (exact) mass is 360 g/mol. The summed E-state index contributed by atoms with van der Waals surface area (Å²) in [6.45, 7) is 12.0. The molecular weight excluding hydrogens is 324 g/mol. The molecule has 4 rings (SSSR count). The molecule has 0 aliphatic heterocycles. The molecule has 25 heavy (non-hydrogen) atoms. The third kappa shape index (κ3) is 2.81. The van der Waals surface area contributed by atoms with Gasteiger partial charge in [-0.25, -0.2) is 0 Å². The van der Waals surface area contributed by atoms with Crippen molar-refractivity contribution in [2.24, 2.45) is 28.6 Å². The molecule has 6 atom stereocenters. The number of ketones is 1. The van der Waals surface area contributed by atoms with E-state index in [1.54, 1.807) is 0 Å². The Balaban J connectivity index is 1.60. The summed E-state index contributed by atoms with van der Waals surface area (Å²) in [5.74, 6) is 2.85. The highest BCUT2D eigenvalue weighted by molar-refractivity contribution is 6.69. The van der Waals surface area contributed by atoms with Crippen LogP contribution in [0.4, 0.5) is 0 Å². The van der Waals surface area contributed by atoms with Crippen LogP contribution in [0, 0.1) is 28.6 Å². The summed E-state index contributed by atoms with van der Waals surface area (Å²) < 4.78 is 6.68. The Morgan fingerprint density at radius 2 is 1.76 bits per heavy atom. The number of fused-ring (bicyclic) bond motifs is 5. The zero-order valence-corrected chi connectivity index (χ0v) is 17.9. The van der Waals surface area contributed by atoms with Gasteiger partial charge in [-0.15, -0.1) is 0 Å². The summed E-state index contributed by atoms with van der Waals surface area (Å²) in [5, 5.41) is 0. The molecule has 0 aromatic carbocycles. The Hall–Kier alpha value is -0.413. The van der Waals surface area contributed by atoms with Crippen molar-refractivity contribution in [3.05, 3.63) is 11.6 Å². The Bertz CT molecular complexity index is 604. The van der Waals surface area contributed by atoms with Crippen LogP contribution in [0.25, 0.3) is 0 Å². The number of allylic oxidation sites excluding steroid dienone is 1. The lowest BCUT2D eigenvalue weighted by molar-refractivity contribution is -0.117. The minimum atomic E-state index is -1.49. The van der Waals surface area contributed by atoms with Crippen molar-refractivity contribution < 1.29 is 9.22 Å². The molecule has 0 radical (unpaired) electrons. The van der Waals surface area contributed by atoms with Gasteiger partial charge >= 0.3 is 0 Å². The van der Waals surface area contributed by atoms with Gasteiger partial charge in [-0.05, 0) is 99.2 Å². The molecular formula is C22H36O2Si. The van der Waals surface area contributed by atoms with Gasteiger partial charge in [0.15, 0.2) is 14.1 Å². The van der Waals surface area contributed by atoms with Crippen molar-refractivity contribution in [1.82, 2.24) is 0 Å². The Morgan fingerprint density at radius 1 is 1.00 bits per heavy atom. The van der Waals surface area contributed by atoms with Crippen LogP contribution in [-0.2, 0) is 9.22 Å². The van der Waals surface area contributed by atoms with Crippen LogP contribution in [0.2, 0.25) is 19.6 Å². The summed E-state index contributed by atoms with van der Waals surface area (Å²) in [7, 11) is -1.49. The van der Waals surface area contributed by atoms with E-state index in [1.807, 2.05) is 6.08 Å². The smallest absolute Gasteiger partial charge is 0.184 e. The van der Waals surface area contributed by atoms with E-state index in [0.717, 1.165) is 37.0 Å². The Morgan fingerprint density at radius 3 is 2.48 bits per heavy atom. The van der Waals surface area contributed by atoms with Gasteiger partial charge in [0, 0.05) is 6.42 Å². The molecule has 0 aromatic rings. The SMILES string of the molecule is C[C@]12CC[C@@H]3[C@H](CCC4=CC(=O)CC[C@@]43C)[C@H]1CC[C@H]2O[Si](C)(C)C. The topological polar surface area (TPSA) is 26.3 Å². The van der Waals surface area contributed by atoms with E-state index in [2.05, 4.69) is 33.5 Å². The normalized spacial score (nSPS) is 46.9. The largest absolute Gasteiger partial charge is 0.414 e. The van der Waals surface area contributed by atoms with Crippen LogP contribution in [0.15, 0.2) is 11.6 Å². The zero-order valence-electron chi connectivity index (χ0n) is 16.9. The van der Waals surface area contributed by atoms with E-state index >= 15 is 0 Å².